The molecule has 0 aromatic rings. The summed E-state index contributed by atoms with van der Waals surface area (Å²) in [6, 6.07) is -0.399. The second-order valence-electron chi connectivity index (χ2n) is 6.86. The van der Waals surface area contributed by atoms with Gasteiger partial charge in [-0.2, -0.15) is 0 Å². The van der Waals surface area contributed by atoms with Crippen LogP contribution in [0.1, 0.15) is 41.0 Å². The number of hydrogen-bond donors (Lipinski definition) is 0. The van der Waals surface area contributed by atoms with Crippen molar-refractivity contribution in [3.05, 3.63) is 0 Å². The first kappa shape index (κ1) is 20.6. The molecule has 2 aliphatic heterocycles. The van der Waals surface area contributed by atoms with Crippen molar-refractivity contribution < 1.29 is 28.6 Å². The third-order valence-electron chi connectivity index (χ3n) is 5.17. The molecule has 0 aromatic heterocycles. The molecule has 26 heavy (non-hydrogen) atoms. The molecule has 2 rings (SSSR count). The van der Waals surface area contributed by atoms with Crippen molar-refractivity contribution in [3.63, 3.8) is 0 Å². The summed E-state index contributed by atoms with van der Waals surface area (Å²) in [4.78, 5) is 39.4. The van der Waals surface area contributed by atoms with Crippen LogP contribution < -0.4 is 0 Å². The summed E-state index contributed by atoms with van der Waals surface area (Å²) in [5.41, 5.74) is 0. The largest absolute Gasteiger partial charge is 0.461 e. The van der Waals surface area contributed by atoms with Crippen molar-refractivity contribution >= 4 is 17.9 Å². The summed E-state index contributed by atoms with van der Waals surface area (Å²) in [5, 5.41) is 0. The van der Waals surface area contributed by atoms with Crippen LogP contribution in [0.4, 0.5) is 0 Å². The van der Waals surface area contributed by atoms with Crippen LogP contribution in [0.2, 0.25) is 0 Å². The Kier molecular flexibility index (Phi) is 7.00. The van der Waals surface area contributed by atoms with Gasteiger partial charge in [-0.1, -0.05) is 13.8 Å². The van der Waals surface area contributed by atoms with E-state index in [1.807, 2.05) is 13.8 Å². The summed E-state index contributed by atoms with van der Waals surface area (Å²) in [5.74, 6) is -1.23. The van der Waals surface area contributed by atoms with Gasteiger partial charge < -0.3 is 14.2 Å². The summed E-state index contributed by atoms with van der Waals surface area (Å²) < 4.78 is 16.7. The predicted octanol–water partition coefficient (Wildman–Crippen LogP) is 0.580. The maximum Gasteiger partial charge on any atom is 0.303 e. The normalized spacial score (nSPS) is 31.4. The lowest BCUT2D eigenvalue weighted by Gasteiger charge is -2.49. The van der Waals surface area contributed by atoms with Crippen molar-refractivity contribution in [1.82, 2.24) is 9.80 Å². The van der Waals surface area contributed by atoms with Crippen LogP contribution >= 0.6 is 0 Å². The zero-order valence-electron chi connectivity index (χ0n) is 16.3. The number of esters is 3. The number of nitrogens with zero attached hydrogens (tertiary/aromatic N) is 2. The molecule has 2 heterocycles. The minimum Gasteiger partial charge on any atom is -0.461 e. The lowest BCUT2D eigenvalue weighted by Crippen LogP contribution is -2.67. The molecule has 8 heteroatoms. The highest BCUT2D eigenvalue weighted by atomic mass is 16.6. The molecule has 3 unspecified atom stereocenters. The SMILES string of the molecule is CCN(CC)C1CN2CCC(OC(C)=O)[C@@H]2[C@@H](OC(C)=O)C1OC(C)=O. The molecule has 0 amide bonds. The molecule has 2 saturated heterocycles. The van der Waals surface area contributed by atoms with E-state index in [0.717, 1.165) is 19.6 Å². The van der Waals surface area contributed by atoms with Crippen LogP contribution in [0.25, 0.3) is 0 Å². The van der Waals surface area contributed by atoms with Crippen molar-refractivity contribution in [2.75, 3.05) is 26.2 Å². The summed E-state index contributed by atoms with van der Waals surface area (Å²) in [6.07, 6.45) is -0.997. The number of piperidine rings is 1. The summed E-state index contributed by atoms with van der Waals surface area (Å²) in [6.45, 7) is 11.1. The molecule has 8 nitrogen and oxygen atoms in total. The lowest BCUT2D eigenvalue weighted by molar-refractivity contribution is -0.193. The standard InChI is InChI=1S/C18H30N2O6/c1-6-19(7-2)14-10-20-9-8-15(24-11(3)21)16(20)18(26-13(5)23)17(14)25-12(4)22/h14-18H,6-10H2,1-5H3/t14?,15?,16-,17?,18-/m1/s1. The molecule has 0 aliphatic carbocycles. The first-order valence-corrected chi connectivity index (χ1v) is 9.28. The van der Waals surface area contributed by atoms with E-state index < -0.39 is 24.1 Å². The molecule has 2 fully saturated rings. The van der Waals surface area contributed by atoms with Gasteiger partial charge in [-0.05, 0) is 19.5 Å². The molecule has 2 aliphatic rings. The van der Waals surface area contributed by atoms with Crippen LogP contribution in [0.5, 0.6) is 0 Å². The van der Waals surface area contributed by atoms with Gasteiger partial charge in [0.05, 0.1) is 12.1 Å². The fourth-order valence-electron chi connectivity index (χ4n) is 4.26. The topological polar surface area (TPSA) is 85.4 Å². The minimum absolute atomic E-state index is 0.0921. The maximum absolute atomic E-state index is 11.8. The molecule has 148 valence electrons. The Hall–Kier alpha value is -1.67. The summed E-state index contributed by atoms with van der Waals surface area (Å²) in [7, 11) is 0. The Bertz CT molecular complexity index is 536. The number of carbonyl (C=O) groups excluding carboxylic acids is 3. The van der Waals surface area contributed by atoms with Crippen molar-refractivity contribution in [2.45, 2.75) is 71.4 Å². The molecule has 0 radical (unpaired) electrons. The molecule has 0 N–H and O–H groups in total. The van der Waals surface area contributed by atoms with Crippen molar-refractivity contribution in [3.8, 4) is 0 Å². The lowest BCUT2D eigenvalue weighted by atomic mass is 9.89. The van der Waals surface area contributed by atoms with Gasteiger partial charge in [-0.3, -0.25) is 24.2 Å². The summed E-state index contributed by atoms with van der Waals surface area (Å²) >= 11 is 0. The monoisotopic (exact) mass is 370 g/mol. The Morgan fingerprint density at radius 3 is 1.96 bits per heavy atom. The van der Waals surface area contributed by atoms with Crippen LogP contribution in [0, 0.1) is 0 Å². The fourth-order valence-corrected chi connectivity index (χ4v) is 4.26. The van der Waals surface area contributed by atoms with E-state index in [0.29, 0.717) is 13.0 Å². The molecule has 5 atom stereocenters. The van der Waals surface area contributed by atoms with Crippen LogP contribution in [0.3, 0.4) is 0 Å². The molecule has 0 saturated carbocycles. The Morgan fingerprint density at radius 1 is 0.923 bits per heavy atom. The second kappa shape index (κ2) is 8.81. The number of hydrogen-bond acceptors (Lipinski definition) is 8. The zero-order valence-corrected chi connectivity index (χ0v) is 16.3. The number of likely N-dealkylation sites (N-methyl/N-ethyl adjacent to an activating group) is 1. The number of fused-ring (bicyclic) bond motifs is 1. The van der Waals surface area contributed by atoms with Gasteiger partial charge >= 0.3 is 17.9 Å². The first-order chi connectivity index (χ1) is 12.3. The van der Waals surface area contributed by atoms with Crippen LogP contribution in [-0.2, 0) is 28.6 Å². The van der Waals surface area contributed by atoms with Gasteiger partial charge in [0, 0.05) is 33.9 Å². The van der Waals surface area contributed by atoms with Crippen molar-refractivity contribution in [1.29, 1.82) is 0 Å². The molecular weight excluding hydrogens is 340 g/mol. The highest BCUT2D eigenvalue weighted by Gasteiger charge is 2.54. The Morgan fingerprint density at radius 2 is 1.46 bits per heavy atom. The van der Waals surface area contributed by atoms with E-state index >= 15 is 0 Å². The van der Waals surface area contributed by atoms with Crippen LogP contribution in [-0.4, -0.2) is 84.3 Å². The second-order valence-corrected chi connectivity index (χ2v) is 6.86. The van der Waals surface area contributed by atoms with Gasteiger partial charge in [0.2, 0.25) is 0 Å². The van der Waals surface area contributed by atoms with Gasteiger partial charge in [0.25, 0.3) is 0 Å². The Labute approximate surface area is 154 Å². The molecule has 0 bridgehead atoms. The van der Waals surface area contributed by atoms with Gasteiger partial charge in [-0.25, -0.2) is 0 Å². The van der Waals surface area contributed by atoms with E-state index in [9.17, 15) is 14.4 Å². The van der Waals surface area contributed by atoms with Gasteiger partial charge in [-0.15, -0.1) is 0 Å². The highest BCUT2D eigenvalue weighted by Crippen LogP contribution is 2.35. The van der Waals surface area contributed by atoms with E-state index in [2.05, 4.69) is 9.80 Å². The quantitative estimate of drug-likeness (QED) is 0.496. The fraction of sp³-hybridized carbons (Fsp3) is 0.833. The highest BCUT2D eigenvalue weighted by molar-refractivity contribution is 5.68. The van der Waals surface area contributed by atoms with Gasteiger partial charge in [0.15, 0.2) is 12.2 Å². The minimum atomic E-state index is -0.678. The molecular formula is C18H30N2O6. The third-order valence-corrected chi connectivity index (χ3v) is 5.17. The number of ether oxygens (including phenoxy) is 3. The average Bonchev–Trinajstić information content (AvgIpc) is 2.92. The zero-order chi connectivity index (χ0) is 19.4. The Balaban J connectivity index is 2.38. The van der Waals surface area contributed by atoms with E-state index in [4.69, 9.17) is 14.2 Å². The number of carbonyl (C=O) groups is 3. The van der Waals surface area contributed by atoms with Crippen LogP contribution in [0.15, 0.2) is 0 Å². The van der Waals surface area contributed by atoms with Crippen molar-refractivity contribution in [2.24, 2.45) is 0 Å². The molecule has 0 spiro atoms. The predicted molar refractivity (Wildman–Crippen MR) is 93.3 cm³/mol. The van der Waals surface area contributed by atoms with Gasteiger partial charge in [0.1, 0.15) is 6.10 Å². The molecule has 0 aromatic carbocycles. The maximum atomic E-state index is 11.8. The number of rotatable bonds is 6. The van der Waals surface area contributed by atoms with E-state index in [1.165, 1.54) is 20.8 Å². The van der Waals surface area contributed by atoms with E-state index in [-0.39, 0.29) is 24.2 Å². The average molecular weight is 370 g/mol. The smallest absolute Gasteiger partial charge is 0.303 e. The van der Waals surface area contributed by atoms with E-state index in [1.54, 1.807) is 0 Å². The first-order valence-electron chi connectivity index (χ1n) is 9.28. The third kappa shape index (κ3) is 4.54.